The molecule has 0 aromatic heterocycles. The lowest BCUT2D eigenvalue weighted by Gasteiger charge is -2.22. The van der Waals surface area contributed by atoms with Crippen molar-refractivity contribution < 1.29 is 19.1 Å². The van der Waals surface area contributed by atoms with Gasteiger partial charge in [-0.1, -0.05) is 30.3 Å². The maximum atomic E-state index is 12.1. The van der Waals surface area contributed by atoms with Gasteiger partial charge in [-0.15, -0.1) is 0 Å². The highest BCUT2D eigenvalue weighted by Crippen LogP contribution is 2.34. The van der Waals surface area contributed by atoms with Gasteiger partial charge in [-0.3, -0.25) is 9.59 Å². The van der Waals surface area contributed by atoms with Crippen LogP contribution in [0.2, 0.25) is 0 Å². The summed E-state index contributed by atoms with van der Waals surface area (Å²) in [7, 11) is 0. The molecule has 0 N–H and O–H groups in total. The lowest BCUT2D eigenvalue weighted by atomic mass is 9.92. The predicted octanol–water partition coefficient (Wildman–Crippen LogP) is 1.91. The second kappa shape index (κ2) is 4.05. The van der Waals surface area contributed by atoms with E-state index in [0.29, 0.717) is 0 Å². The van der Waals surface area contributed by atoms with Crippen LogP contribution in [0.1, 0.15) is 19.4 Å². The Labute approximate surface area is 98.8 Å². The van der Waals surface area contributed by atoms with E-state index < -0.39 is 11.6 Å². The van der Waals surface area contributed by atoms with Gasteiger partial charge in [0.2, 0.25) is 11.5 Å². The third kappa shape index (κ3) is 1.93. The van der Waals surface area contributed by atoms with Gasteiger partial charge < -0.3 is 9.47 Å². The highest BCUT2D eigenvalue weighted by Gasteiger charge is 2.44. The number of hydrogen-bond acceptors (Lipinski definition) is 4. The smallest absolute Gasteiger partial charge is 0.308 e. The molecular weight excluding hydrogens is 220 g/mol. The molecule has 0 amide bonds. The Balaban J connectivity index is 2.27. The second-order valence-electron chi connectivity index (χ2n) is 3.92. The molecule has 0 saturated heterocycles. The van der Waals surface area contributed by atoms with Gasteiger partial charge in [0, 0.05) is 12.5 Å². The fourth-order valence-corrected chi connectivity index (χ4v) is 1.69. The van der Waals surface area contributed by atoms with Crippen LogP contribution >= 0.6 is 0 Å². The first-order chi connectivity index (χ1) is 8.04. The van der Waals surface area contributed by atoms with Crippen LogP contribution in [0.5, 0.6) is 0 Å². The molecule has 1 aliphatic heterocycles. The van der Waals surface area contributed by atoms with E-state index in [1.807, 2.05) is 18.2 Å². The van der Waals surface area contributed by atoms with E-state index in [0.717, 1.165) is 5.56 Å². The van der Waals surface area contributed by atoms with Gasteiger partial charge in [0.1, 0.15) is 6.26 Å². The first kappa shape index (κ1) is 11.4. The summed E-state index contributed by atoms with van der Waals surface area (Å²) in [5.41, 5.74) is -0.380. The van der Waals surface area contributed by atoms with E-state index in [1.165, 1.54) is 13.2 Å². The Kier molecular flexibility index (Phi) is 2.71. The highest BCUT2D eigenvalue weighted by atomic mass is 16.6. The minimum Gasteiger partial charge on any atom is -0.478 e. The van der Waals surface area contributed by atoms with E-state index >= 15 is 0 Å². The van der Waals surface area contributed by atoms with Crippen molar-refractivity contribution in [2.45, 2.75) is 19.4 Å². The van der Waals surface area contributed by atoms with Gasteiger partial charge in [-0.25, -0.2) is 0 Å². The minimum atomic E-state index is -1.11. The van der Waals surface area contributed by atoms with E-state index in [1.54, 1.807) is 19.1 Å². The molecule has 0 aliphatic carbocycles. The van der Waals surface area contributed by atoms with Crippen LogP contribution in [0.4, 0.5) is 0 Å². The largest absolute Gasteiger partial charge is 0.478 e. The third-order valence-corrected chi connectivity index (χ3v) is 2.64. The Morgan fingerprint density at radius 3 is 2.53 bits per heavy atom. The lowest BCUT2D eigenvalue weighted by molar-refractivity contribution is -0.142. The Bertz CT molecular complexity index is 489. The summed E-state index contributed by atoms with van der Waals surface area (Å²) in [5, 5.41) is 0. The monoisotopic (exact) mass is 232 g/mol. The first-order valence-corrected chi connectivity index (χ1v) is 5.21. The molecule has 0 saturated carbocycles. The number of ether oxygens (including phenoxy) is 2. The van der Waals surface area contributed by atoms with Gasteiger partial charge in [-0.05, 0) is 6.92 Å². The molecule has 1 unspecified atom stereocenters. The molecule has 1 atom stereocenters. The summed E-state index contributed by atoms with van der Waals surface area (Å²) in [6.45, 7) is 2.89. The summed E-state index contributed by atoms with van der Waals surface area (Å²) < 4.78 is 10.2. The number of carbonyl (C=O) groups is 2. The summed E-state index contributed by atoms with van der Waals surface area (Å²) in [5.74, 6) is -0.937. The van der Waals surface area contributed by atoms with Crippen LogP contribution in [0.3, 0.4) is 0 Å². The zero-order valence-corrected chi connectivity index (χ0v) is 9.60. The van der Waals surface area contributed by atoms with Crippen molar-refractivity contribution in [3.8, 4) is 0 Å². The fourth-order valence-electron chi connectivity index (χ4n) is 1.69. The molecule has 0 spiro atoms. The van der Waals surface area contributed by atoms with Crippen molar-refractivity contribution >= 4 is 11.8 Å². The minimum absolute atomic E-state index is 0.0520. The Morgan fingerprint density at radius 2 is 1.94 bits per heavy atom. The molecule has 0 radical (unpaired) electrons. The number of esters is 1. The van der Waals surface area contributed by atoms with Crippen molar-refractivity contribution in [1.82, 2.24) is 0 Å². The molecule has 0 bridgehead atoms. The average Bonchev–Trinajstić information content (AvgIpc) is 2.59. The number of benzene rings is 1. The van der Waals surface area contributed by atoms with Crippen LogP contribution in [0, 0.1) is 0 Å². The van der Waals surface area contributed by atoms with Crippen molar-refractivity contribution in [3.05, 3.63) is 47.9 Å². The van der Waals surface area contributed by atoms with Gasteiger partial charge in [0.25, 0.3) is 0 Å². The predicted molar refractivity (Wildman–Crippen MR) is 59.7 cm³/mol. The molecule has 1 aromatic carbocycles. The Hall–Kier alpha value is -2.10. The Morgan fingerprint density at radius 1 is 1.29 bits per heavy atom. The summed E-state index contributed by atoms with van der Waals surface area (Å²) >= 11 is 0. The molecule has 1 aromatic rings. The number of Topliss-reactive ketones (excluding diaryl/α,β-unsaturated/α-hetero) is 1. The second-order valence-corrected chi connectivity index (χ2v) is 3.92. The SMILES string of the molecule is CC(=O)OC1=COC(C)(c2ccccc2)C1=O. The van der Waals surface area contributed by atoms with Gasteiger partial charge in [-0.2, -0.15) is 0 Å². The highest BCUT2D eigenvalue weighted by molar-refractivity contribution is 6.03. The van der Waals surface area contributed by atoms with Gasteiger partial charge in [0.15, 0.2) is 5.60 Å². The summed E-state index contributed by atoms with van der Waals surface area (Å²) in [6.07, 6.45) is 1.19. The van der Waals surface area contributed by atoms with Gasteiger partial charge in [0.05, 0.1) is 0 Å². The normalized spacial score (nSPS) is 22.9. The van der Waals surface area contributed by atoms with Gasteiger partial charge >= 0.3 is 5.97 Å². The maximum Gasteiger partial charge on any atom is 0.308 e. The van der Waals surface area contributed by atoms with Crippen LogP contribution in [0.25, 0.3) is 0 Å². The fraction of sp³-hybridized carbons (Fsp3) is 0.231. The lowest BCUT2D eigenvalue weighted by Crippen LogP contribution is -2.31. The third-order valence-electron chi connectivity index (χ3n) is 2.64. The molecule has 4 nitrogen and oxygen atoms in total. The zero-order valence-electron chi connectivity index (χ0n) is 9.60. The number of carbonyl (C=O) groups excluding carboxylic acids is 2. The van der Waals surface area contributed by atoms with E-state index in [9.17, 15) is 9.59 Å². The maximum absolute atomic E-state index is 12.1. The number of rotatable bonds is 2. The van der Waals surface area contributed by atoms with Crippen LogP contribution < -0.4 is 0 Å². The summed E-state index contributed by atoms with van der Waals surface area (Å²) in [6, 6.07) is 9.08. The number of ketones is 1. The quantitative estimate of drug-likeness (QED) is 0.731. The van der Waals surface area contributed by atoms with Crippen LogP contribution in [0.15, 0.2) is 42.4 Å². The standard InChI is InChI=1S/C13H12O4/c1-9(14)17-11-8-16-13(2,12(11)15)10-6-4-3-5-7-10/h3-8H,1-2H3. The van der Waals surface area contributed by atoms with Crippen molar-refractivity contribution in [2.75, 3.05) is 0 Å². The van der Waals surface area contributed by atoms with E-state index in [2.05, 4.69) is 0 Å². The molecule has 88 valence electrons. The number of hydrogen-bond donors (Lipinski definition) is 0. The topological polar surface area (TPSA) is 52.6 Å². The van der Waals surface area contributed by atoms with Crippen molar-refractivity contribution in [1.29, 1.82) is 0 Å². The summed E-state index contributed by atoms with van der Waals surface area (Å²) in [4.78, 5) is 22.9. The zero-order chi connectivity index (χ0) is 12.5. The molecule has 0 fully saturated rings. The molecule has 17 heavy (non-hydrogen) atoms. The molecule has 4 heteroatoms. The van der Waals surface area contributed by atoms with Crippen LogP contribution in [-0.4, -0.2) is 11.8 Å². The molecule has 1 heterocycles. The van der Waals surface area contributed by atoms with Crippen LogP contribution in [-0.2, 0) is 24.7 Å². The molecule has 2 rings (SSSR count). The molecule has 1 aliphatic rings. The molecular formula is C13H12O4. The first-order valence-electron chi connectivity index (χ1n) is 5.21. The van der Waals surface area contributed by atoms with E-state index in [-0.39, 0.29) is 11.5 Å². The average molecular weight is 232 g/mol. The van der Waals surface area contributed by atoms with E-state index in [4.69, 9.17) is 9.47 Å². The van der Waals surface area contributed by atoms with Crippen molar-refractivity contribution in [3.63, 3.8) is 0 Å². The van der Waals surface area contributed by atoms with Crippen molar-refractivity contribution in [2.24, 2.45) is 0 Å².